The molecule has 0 saturated heterocycles. The highest BCUT2D eigenvalue weighted by Gasteiger charge is 2.40. The Morgan fingerprint density at radius 3 is 2.38 bits per heavy atom. The molecule has 1 heterocycles. The Morgan fingerprint density at radius 1 is 1.06 bits per heavy atom. The van der Waals surface area contributed by atoms with E-state index < -0.39 is 21.3 Å². The predicted molar refractivity (Wildman–Crippen MR) is 123 cm³/mol. The standard InChI is InChI=1S/C25H29N3O3S/c1-27(21-13-15-25(19-26,16-14-21)20-9-3-2-4-10-20)17-7-8-18-28-24(29)22-11-5-6-12-23(22)32(28,30)31/h2-6,9-12,21H,7-8,13-18H2,1H3. The van der Waals surface area contributed by atoms with Crippen molar-refractivity contribution in [2.75, 3.05) is 20.1 Å². The van der Waals surface area contributed by atoms with Crippen LogP contribution in [0, 0.1) is 11.3 Å². The smallest absolute Gasteiger partial charge is 0.269 e. The fourth-order valence-electron chi connectivity index (χ4n) is 5.01. The summed E-state index contributed by atoms with van der Waals surface area (Å²) in [7, 11) is -1.62. The highest BCUT2D eigenvalue weighted by Crippen LogP contribution is 2.40. The van der Waals surface area contributed by atoms with Gasteiger partial charge in [0.05, 0.1) is 17.0 Å². The zero-order valence-electron chi connectivity index (χ0n) is 18.4. The molecule has 0 aromatic heterocycles. The number of rotatable bonds is 7. The zero-order valence-corrected chi connectivity index (χ0v) is 19.2. The van der Waals surface area contributed by atoms with Crippen molar-refractivity contribution in [1.29, 1.82) is 5.26 Å². The van der Waals surface area contributed by atoms with Crippen LogP contribution in [0.4, 0.5) is 0 Å². The number of carbonyl (C=O) groups is 1. The van der Waals surface area contributed by atoms with Crippen molar-refractivity contribution in [1.82, 2.24) is 9.21 Å². The second kappa shape index (κ2) is 9.05. The first-order valence-corrected chi connectivity index (χ1v) is 12.7. The maximum Gasteiger partial charge on any atom is 0.269 e. The van der Waals surface area contributed by atoms with E-state index in [0.717, 1.165) is 48.5 Å². The maximum absolute atomic E-state index is 12.6. The van der Waals surface area contributed by atoms with Crippen LogP contribution in [0.15, 0.2) is 59.5 Å². The van der Waals surface area contributed by atoms with Gasteiger partial charge in [0.15, 0.2) is 0 Å². The Labute approximate surface area is 190 Å². The number of nitriles is 1. The van der Waals surface area contributed by atoms with Gasteiger partial charge in [0.1, 0.15) is 4.90 Å². The van der Waals surface area contributed by atoms with E-state index in [-0.39, 0.29) is 17.0 Å². The highest BCUT2D eigenvalue weighted by atomic mass is 32.2. The summed E-state index contributed by atoms with van der Waals surface area (Å²) in [5.74, 6) is -0.421. The summed E-state index contributed by atoms with van der Waals surface area (Å²) in [5, 5.41) is 9.88. The number of nitrogens with zero attached hydrogens (tertiary/aromatic N) is 3. The Hall–Kier alpha value is -2.69. The molecular weight excluding hydrogens is 422 g/mol. The Bertz CT molecular complexity index is 1120. The summed E-state index contributed by atoms with van der Waals surface area (Å²) in [6.45, 7) is 1.05. The third kappa shape index (κ3) is 4.05. The van der Waals surface area contributed by atoms with Crippen LogP contribution in [0.25, 0.3) is 0 Å². The predicted octanol–water partition coefficient (Wildman–Crippen LogP) is 3.95. The zero-order chi connectivity index (χ0) is 22.8. The van der Waals surface area contributed by atoms with Crippen molar-refractivity contribution in [3.05, 3.63) is 65.7 Å². The molecule has 1 aliphatic carbocycles. The normalized spacial score (nSPS) is 24.3. The van der Waals surface area contributed by atoms with Crippen LogP contribution in [0.2, 0.25) is 0 Å². The molecule has 2 aliphatic rings. The molecule has 1 saturated carbocycles. The molecule has 0 radical (unpaired) electrons. The first-order chi connectivity index (χ1) is 15.4. The fourth-order valence-corrected chi connectivity index (χ4v) is 6.62. The van der Waals surface area contributed by atoms with Crippen LogP contribution in [-0.2, 0) is 15.4 Å². The van der Waals surface area contributed by atoms with Crippen molar-refractivity contribution in [3.8, 4) is 6.07 Å². The average molecular weight is 452 g/mol. The molecule has 1 amide bonds. The van der Waals surface area contributed by atoms with Crippen molar-refractivity contribution in [2.24, 2.45) is 0 Å². The third-order valence-electron chi connectivity index (χ3n) is 7.01. The largest absolute Gasteiger partial charge is 0.303 e. The molecule has 1 fully saturated rings. The quantitative estimate of drug-likeness (QED) is 0.596. The Morgan fingerprint density at radius 2 is 1.72 bits per heavy atom. The minimum absolute atomic E-state index is 0.115. The fraction of sp³-hybridized carbons (Fsp3) is 0.440. The average Bonchev–Trinajstić information content (AvgIpc) is 3.02. The monoisotopic (exact) mass is 451 g/mol. The van der Waals surface area contributed by atoms with Crippen LogP contribution in [0.3, 0.4) is 0 Å². The summed E-state index contributed by atoms with van der Waals surface area (Å²) < 4.78 is 26.3. The van der Waals surface area contributed by atoms with Crippen molar-refractivity contribution < 1.29 is 13.2 Å². The van der Waals surface area contributed by atoms with E-state index in [1.165, 1.54) is 6.07 Å². The van der Waals surface area contributed by atoms with Gasteiger partial charge in [-0.25, -0.2) is 12.7 Å². The molecule has 0 spiro atoms. The summed E-state index contributed by atoms with van der Waals surface area (Å²) in [4.78, 5) is 14.9. The van der Waals surface area contributed by atoms with E-state index in [1.54, 1.807) is 18.2 Å². The van der Waals surface area contributed by atoms with Gasteiger partial charge in [-0.2, -0.15) is 5.26 Å². The highest BCUT2D eigenvalue weighted by molar-refractivity contribution is 7.90. The maximum atomic E-state index is 12.6. The lowest BCUT2D eigenvalue weighted by Gasteiger charge is -2.39. The Balaban J connectivity index is 1.27. The number of sulfonamides is 1. The number of benzene rings is 2. The molecule has 0 atom stereocenters. The number of hydrogen-bond acceptors (Lipinski definition) is 5. The molecule has 0 unspecified atom stereocenters. The second-order valence-electron chi connectivity index (χ2n) is 8.86. The van der Waals surface area contributed by atoms with E-state index in [1.807, 2.05) is 18.2 Å². The minimum atomic E-state index is -3.72. The first kappa shape index (κ1) is 22.5. The second-order valence-corrected chi connectivity index (χ2v) is 10.7. The van der Waals surface area contributed by atoms with Crippen molar-refractivity contribution >= 4 is 15.9 Å². The van der Waals surface area contributed by atoms with Gasteiger partial charge in [0, 0.05) is 12.6 Å². The molecule has 7 heteroatoms. The van der Waals surface area contributed by atoms with Crippen LogP contribution in [-0.4, -0.2) is 49.7 Å². The van der Waals surface area contributed by atoms with Crippen molar-refractivity contribution in [3.63, 3.8) is 0 Å². The lowest BCUT2D eigenvalue weighted by molar-refractivity contribution is 0.0868. The van der Waals surface area contributed by atoms with Gasteiger partial charge in [0.25, 0.3) is 15.9 Å². The molecule has 1 aliphatic heterocycles. The van der Waals surface area contributed by atoms with E-state index in [9.17, 15) is 18.5 Å². The summed E-state index contributed by atoms with van der Waals surface area (Å²) >= 11 is 0. The molecule has 2 aromatic carbocycles. The number of fused-ring (bicyclic) bond motifs is 1. The lowest BCUT2D eigenvalue weighted by atomic mass is 9.69. The van der Waals surface area contributed by atoms with E-state index in [4.69, 9.17) is 0 Å². The van der Waals surface area contributed by atoms with Gasteiger partial charge < -0.3 is 4.90 Å². The lowest BCUT2D eigenvalue weighted by Crippen LogP contribution is -2.40. The van der Waals surface area contributed by atoms with Crippen molar-refractivity contribution in [2.45, 2.75) is 54.9 Å². The van der Waals surface area contributed by atoms with Gasteiger partial charge in [-0.05, 0) is 69.8 Å². The number of unbranched alkanes of at least 4 members (excludes halogenated alkanes) is 1. The Kier molecular flexibility index (Phi) is 6.36. The molecule has 32 heavy (non-hydrogen) atoms. The van der Waals surface area contributed by atoms with E-state index in [2.05, 4.69) is 30.1 Å². The molecular formula is C25H29N3O3S. The van der Waals surface area contributed by atoms with Crippen LogP contribution >= 0.6 is 0 Å². The molecule has 4 rings (SSSR count). The van der Waals surface area contributed by atoms with Gasteiger partial charge in [-0.1, -0.05) is 42.5 Å². The summed E-state index contributed by atoms with van der Waals surface area (Å²) in [6.07, 6.45) is 5.07. The molecule has 0 bridgehead atoms. The van der Waals surface area contributed by atoms with Crippen LogP contribution < -0.4 is 0 Å². The molecule has 168 valence electrons. The van der Waals surface area contributed by atoms with Crippen LogP contribution in [0.1, 0.15) is 54.4 Å². The third-order valence-corrected chi connectivity index (χ3v) is 8.85. The van der Waals surface area contributed by atoms with Gasteiger partial charge in [0.2, 0.25) is 0 Å². The van der Waals surface area contributed by atoms with E-state index in [0.29, 0.717) is 12.5 Å². The van der Waals surface area contributed by atoms with Gasteiger partial charge >= 0.3 is 0 Å². The number of hydrogen-bond donors (Lipinski definition) is 0. The minimum Gasteiger partial charge on any atom is -0.303 e. The summed E-state index contributed by atoms with van der Waals surface area (Å²) in [6, 6.07) is 19.5. The summed E-state index contributed by atoms with van der Waals surface area (Å²) in [5.41, 5.74) is 0.991. The first-order valence-electron chi connectivity index (χ1n) is 11.2. The van der Waals surface area contributed by atoms with E-state index >= 15 is 0 Å². The van der Waals surface area contributed by atoms with Gasteiger partial charge in [-0.3, -0.25) is 4.79 Å². The topological polar surface area (TPSA) is 81.5 Å². The number of carbonyl (C=O) groups excluding carboxylic acids is 1. The molecule has 0 N–H and O–H groups in total. The SMILES string of the molecule is CN(CCCCN1C(=O)c2ccccc2S1(=O)=O)C1CCC(C#N)(c2ccccc2)CC1. The molecule has 6 nitrogen and oxygen atoms in total. The van der Waals surface area contributed by atoms with Crippen LogP contribution in [0.5, 0.6) is 0 Å². The number of amides is 1. The molecule has 2 aromatic rings. The van der Waals surface area contributed by atoms with Gasteiger partial charge in [-0.15, -0.1) is 0 Å².